The van der Waals surface area contributed by atoms with Crippen LogP contribution in [0.1, 0.15) is 17.2 Å². The Balaban J connectivity index is 1.80. The van der Waals surface area contributed by atoms with E-state index in [1.165, 1.54) is 0 Å². The summed E-state index contributed by atoms with van der Waals surface area (Å²) in [6.45, 7) is 0. The first kappa shape index (κ1) is 15.0. The Hall–Kier alpha value is -2.53. The largest absolute Gasteiger partial charge is 0.484 e. The minimum atomic E-state index is -1.23. The Morgan fingerprint density at radius 3 is 2.50 bits per heavy atom. The third kappa shape index (κ3) is 2.32. The van der Waals surface area contributed by atoms with Crippen molar-refractivity contribution in [2.24, 2.45) is 5.73 Å². The smallest absolute Gasteiger partial charge is 0.161 e. The molecule has 0 radical (unpaired) electrons. The molecule has 1 aliphatic rings. The minimum Gasteiger partial charge on any atom is -0.484 e. The van der Waals surface area contributed by atoms with E-state index in [2.05, 4.69) is 0 Å². The van der Waals surface area contributed by atoms with Crippen LogP contribution >= 0.6 is 0 Å². The quantitative estimate of drug-likeness (QED) is 0.677. The van der Waals surface area contributed by atoms with Crippen molar-refractivity contribution in [1.82, 2.24) is 0 Å². The molecule has 0 spiro atoms. The van der Waals surface area contributed by atoms with Crippen LogP contribution in [0.25, 0.3) is 10.8 Å². The predicted molar refractivity (Wildman–Crippen MR) is 85.3 cm³/mol. The number of hydrogen-bond donors (Lipinski definition) is 1. The summed E-state index contributed by atoms with van der Waals surface area (Å²) in [6, 6.07) is 12.3. The highest BCUT2D eigenvalue weighted by Crippen LogP contribution is 2.39. The van der Waals surface area contributed by atoms with Crippen molar-refractivity contribution in [3.8, 4) is 5.75 Å². The Morgan fingerprint density at radius 2 is 1.67 bits per heavy atom. The van der Waals surface area contributed by atoms with Gasteiger partial charge in [0.05, 0.1) is 6.04 Å². The number of nitrogens with two attached hydrogens (primary N) is 1. The lowest BCUT2D eigenvalue weighted by Crippen LogP contribution is -2.38. The fourth-order valence-corrected chi connectivity index (χ4v) is 3.25. The topological polar surface area (TPSA) is 35.2 Å². The van der Waals surface area contributed by atoms with E-state index < -0.39 is 29.6 Å². The number of hydrogen-bond acceptors (Lipinski definition) is 2. The Labute approximate surface area is 136 Å². The molecule has 0 aliphatic carbocycles. The van der Waals surface area contributed by atoms with E-state index in [1.54, 1.807) is 6.07 Å². The molecule has 0 bridgehead atoms. The van der Waals surface area contributed by atoms with Gasteiger partial charge in [0.15, 0.2) is 11.6 Å². The molecule has 24 heavy (non-hydrogen) atoms. The molecule has 2 atom stereocenters. The molecule has 0 saturated carbocycles. The van der Waals surface area contributed by atoms with Crippen molar-refractivity contribution in [1.29, 1.82) is 0 Å². The molecular formula is C19H14F3NO. The summed E-state index contributed by atoms with van der Waals surface area (Å²) < 4.78 is 46.6. The van der Waals surface area contributed by atoms with E-state index in [-0.39, 0.29) is 5.56 Å². The molecule has 0 amide bonds. The molecule has 1 heterocycles. The highest BCUT2D eigenvalue weighted by molar-refractivity contribution is 5.88. The van der Waals surface area contributed by atoms with Crippen LogP contribution in [0.5, 0.6) is 5.75 Å². The van der Waals surface area contributed by atoms with Gasteiger partial charge in [-0.25, -0.2) is 13.2 Å². The zero-order valence-electron chi connectivity index (χ0n) is 12.6. The van der Waals surface area contributed by atoms with Gasteiger partial charge in [-0.2, -0.15) is 0 Å². The van der Waals surface area contributed by atoms with Crippen molar-refractivity contribution >= 4 is 10.8 Å². The molecule has 122 valence electrons. The number of benzene rings is 3. The lowest BCUT2D eigenvalue weighted by atomic mass is 9.90. The van der Waals surface area contributed by atoms with E-state index in [9.17, 15) is 13.2 Å². The van der Waals surface area contributed by atoms with Crippen molar-refractivity contribution in [2.75, 3.05) is 0 Å². The van der Waals surface area contributed by atoms with Gasteiger partial charge in [0.2, 0.25) is 0 Å². The Kier molecular flexibility index (Phi) is 3.46. The molecule has 2 unspecified atom stereocenters. The van der Waals surface area contributed by atoms with Crippen molar-refractivity contribution in [3.63, 3.8) is 0 Å². The zero-order valence-corrected chi connectivity index (χ0v) is 12.6. The second-order valence-electron chi connectivity index (χ2n) is 5.96. The zero-order chi connectivity index (χ0) is 16.8. The summed E-state index contributed by atoms with van der Waals surface area (Å²) in [4.78, 5) is 0. The summed E-state index contributed by atoms with van der Waals surface area (Å²) in [6.07, 6.45) is -0.409. The first-order valence-corrected chi connectivity index (χ1v) is 7.62. The molecular weight excluding hydrogens is 315 g/mol. The normalized spacial score (nSPS) is 19.8. The number of ether oxygens (including phenoxy) is 1. The van der Waals surface area contributed by atoms with Gasteiger partial charge in [-0.15, -0.1) is 0 Å². The molecule has 3 aromatic rings. The van der Waals surface area contributed by atoms with E-state index in [0.717, 1.165) is 22.4 Å². The SMILES string of the molecule is NC1Cc2c(ccc3ccccc23)OC1c1cc(F)c(F)cc1F. The monoisotopic (exact) mass is 329 g/mol. The standard InChI is InChI=1S/C19H14F3NO/c20-14-9-16(22)15(21)7-13(14)19-17(23)8-12-11-4-2-1-3-10(11)5-6-18(12)24-19/h1-7,9,17,19H,8,23H2. The van der Waals surface area contributed by atoms with E-state index >= 15 is 0 Å². The molecule has 1 aliphatic heterocycles. The van der Waals surface area contributed by atoms with E-state index in [1.807, 2.05) is 30.3 Å². The summed E-state index contributed by atoms with van der Waals surface area (Å²) in [5.74, 6) is -2.62. The van der Waals surface area contributed by atoms with Crippen LogP contribution in [-0.2, 0) is 6.42 Å². The maximum Gasteiger partial charge on any atom is 0.161 e. The van der Waals surface area contributed by atoms with Crippen LogP contribution in [0, 0.1) is 17.5 Å². The van der Waals surface area contributed by atoms with Gasteiger partial charge in [0.1, 0.15) is 17.7 Å². The van der Waals surface area contributed by atoms with Gasteiger partial charge in [-0.05, 0) is 29.3 Å². The number of fused-ring (bicyclic) bond motifs is 3. The maximum absolute atomic E-state index is 14.1. The third-order valence-corrected chi connectivity index (χ3v) is 4.43. The van der Waals surface area contributed by atoms with Gasteiger partial charge >= 0.3 is 0 Å². The molecule has 0 fully saturated rings. The van der Waals surface area contributed by atoms with Crippen molar-refractivity contribution in [2.45, 2.75) is 18.6 Å². The van der Waals surface area contributed by atoms with E-state index in [4.69, 9.17) is 10.5 Å². The number of rotatable bonds is 1. The minimum absolute atomic E-state index is 0.0693. The molecule has 2 N–H and O–H groups in total. The molecule has 5 heteroatoms. The molecule has 3 aromatic carbocycles. The molecule has 2 nitrogen and oxygen atoms in total. The van der Waals surface area contributed by atoms with Gasteiger partial charge in [0.25, 0.3) is 0 Å². The number of halogens is 3. The molecule has 0 saturated heterocycles. The first-order valence-electron chi connectivity index (χ1n) is 7.62. The fraction of sp³-hybridized carbons (Fsp3) is 0.158. The van der Waals surface area contributed by atoms with Gasteiger partial charge in [0, 0.05) is 17.2 Å². The molecule has 0 aromatic heterocycles. The van der Waals surface area contributed by atoms with Crippen LogP contribution in [0.2, 0.25) is 0 Å². The highest BCUT2D eigenvalue weighted by atomic mass is 19.2. The lowest BCUT2D eigenvalue weighted by molar-refractivity contribution is 0.149. The summed E-state index contributed by atoms with van der Waals surface area (Å²) in [5.41, 5.74) is 7.04. The lowest BCUT2D eigenvalue weighted by Gasteiger charge is -2.32. The van der Waals surface area contributed by atoms with Crippen LogP contribution in [-0.4, -0.2) is 6.04 Å². The van der Waals surface area contributed by atoms with Gasteiger partial charge in [-0.1, -0.05) is 30.3 Å². The summed E-state index contributed by atoms with van der Waals surface area (Å²) >= 11 is 0. The van der Waals surface area contributed by atoms with Gasteiger partial charge < -0.3 is 10.5 Å². The van der Waals surface area contributed by atoms with Gasteiger partial charge in [-0.3, -0.25) is 0 Å². The second-order valence-corrected chi connectivity index (χ2v) is 5.96. The third-order valence-electron chi connectivity index (χ3n) is 4.43. The van der Waals surface area contributed by atoms with Crippen LogP contribution in [0.4, 0.5) is 13.2 Å². The summed E-state index contributed by atoms with van der Waals surface area (Å²) in [5, 5.41) is 2.08. The average molecular weight is 329 g/mol. The van der Waals surface area contributed by atoms with Crippen LogP contribution < -0.4 is 10.5 Å². The Morgan fingerprint density at radius 1 is 0.917 bits per heavy atom. The fourth-order valence-electron chi connectivity index (χ4n) is 3.25. The molecule has 4 rings (SSSR count). The predicted octanol–water partition coefficient (Wildman–Crippen LogP) is 4.26. The van der Waals surface area contributed by atoms with Crippen LogP contribution in [0.3, 0.4) is 0 Å². The second kappa shape index (κ2) is 5.53. The maximum atomic E-state index is 14.1. The van der Waals surface area contributed by atoms with Crippen molar-refractivity contribution in [3.05, 3.63) is 77.1 Å². The highest BCUT2D eigenvalue weighted by Gasteiger charge is 2.32. The first-order chi connectivity index (χ1) is 11.5. The summed E-state index contributed by atoms with van der Waals surface area (Å²) in [7, 11) is 0. The van der Waals surface area contributed by atoms with Crippen LogP contribution in [0.15, 0.2) is 48.5 Å². The van der Waals surface area contributed by atoms with E-state index in [0.29, 0.717) is 18.2 Å². The van der Waals surface area contributed by atoms with Crippen molar-refractivity contribution < 1.29 is 17.9 Å². The Bertz CT molecular complexity index is 941. The average Bonchev–Trinajstić information content (AvgIpc) is 2.58.